The first-order valence-corrected chi connectivity index (χ1v) is 4.23. The Labute approximate surface area is 77.7 Å². The van der Waals surface area contributed by atoms with Gasteiger partial charge in [-0.1, -0.05) is 0 Å². The molecule has 3 N–H and O–H groups in total. The molecular formula is C8H15N5. The number of nitrogens with one attached hydrogen (secondary N) is 1. The lowest BCUT2D eigenvalue weighted by atomic mass is 10.5. The molecular weight excluding hydrogens is 166 g/mol. The first kappa shape index (κ1) is 9.57. The molecule has 72 valence electrons. The number of nitrogens with two attached hydrogens (primary N) is 1. The SMILES string of the molecule is CCNC(N)=NCc1cncn1C. The summed E-state index contributed by atoms with van der Waals surface area (Å²) in [6.45, 7) is 3.34. The van der Waals surface area contributed by atoms with Crippen molar-refractivity contribution in [2.75, 3.05) is 6.54 Å². The molecule has 0 fully saturated rings. The van der Waals surface area contributed by atoms with Gasteiger partial charge in [0.05, 0.1) is 24.8 Å². The predicted molar refractivity (Wildman–Crippen MR) is 52.2 cm³/mol. The van der Waals surface area contributed by atoms with E-state index < -0.39 is 0 Å². The zero-order valence-corrected chi connectivity index (χ0v) is 7.99. The standard InChI is InChI=1S/C8H15N5/c1-3-11-8(9)12-5-7-4-10-6-13(7)2/h4,6H,3,5H2,1-2H3,(H3,9,11,12). The van der Waals surface area contributed by atoms with Crippen LogP contribution in [0.1, 0.15) is 12.6 Å². The highest BCUT2D eigenvalue weighted by Crippen LogP contribution is 1.97. The summed E-state index contributed by atoms with van der Waals surface area (Å²) < 4.78 is 1.92. The molecule has 5 nitrogen and oxygen atoms in total. The topological polar surface area (TPSA) is 68.2 Å². The number of imidazole rings is 1. The average molecular weight is 181 g/mol. The second kappa shape index (κ2) is 4.49. The molecule has 0 aliphatic carbocycles. The van der Waals surface area contributed by atoms with Crippen LogP contribution in [-0.4, -0.2) is 22.1 Å². The Kier molecular flexibility index (Phi) is 3.31. The van der Waals surface area contributed by atoms with Gasteiger partial charge in [-0.2, -0.15) is 0 Å². The summed E-state index contributed by atoms with van der Waals surface area (Å²) in [4.78, 5) is 8.12. The molecule has 1 aromatic heterocycles. The molecule has 0 amide bonds. The van der Waals surface area contributed by atoms with Gasteiger partial charge in [-0.15, -0.1) is 0 Å². The van der Waals surface area contributed by atoms with Crippen LogP contribution in [0.15, 0.2) is 17.5 Å². The number of hydrogen-bond acceptors (Lipinski definition) is 2. The number of hydrogen-bond donors (Lipinski definition) is 2. The third-order valence-corrected chi connectivity index (χ3v) is 1.69. The summed E-state index contributed by atoms with van der Waals surface area (Å²) in [6.07, 6.45) is 3.52. The second-order valence-corrected chi connectivity index (χ2v) is 2.73. The number of guanidine groups is 1. The number of aromatic nitrogens is 2. The fraction of sp³-hybridized carbons (Fsp3) is 0.500. The minimum atomic E-state index is 0.476. The van der Waals surface area contributed by atoms with Crippen LogP contribution < -0.4 is 11.1 Å². The quantitative estimate of drug-likeness (QED) is 0.503. The Hall–Kier alpha value is -1.52. The van der Waals surface area contributed by atoms with Gasteiger partial charge in [0.2, 0.25) is 0 Å². The van der Waals surface area contributed by atoms with E-state index in [9.17, 15) is 0 Å². The molecule has 0 atom stereocenters. The third kappa shape index (κ3) is 2.77. The molecule has 0 spiro atoms. The summed E-state index contributed by atoms with van der Waals surface area (Å²) in [7, 11) is 1.93. The molecule has 0 unspecified atom stereocenters. The van der Waals surface area contributed by atoms with Crippen molar-refractivity contribution in [3.63, 3.8) is 0 Å². The van der Waals surface area contributed by atoms with Gasteiger partial charge in [0.15, 0.2) is 5.96 Å². The van der Waals surface area contributed by atoms with Gasteiger partial charge >= 0.3 is 0 Å². The van der Waals surface area contributed by atoms with Crippen molar-refractivity contribution in [2.24, 2.45) is 17.8 Å². The van der Waals surface area contributed by atoms with E-state index in [4.69, 9.17) is 5.73 Å². The fourth-order valence-corrected chi connectivity index (χ4v) is 0.940. The van der Waals surface area contributed by atoms with Crippen molar-refractivity contribution in [1.82, 2.24) is 14.9 Å². The average Bonchev–Trinajstić information content (AvgIpc) is 2.48. The molecule has 0 aromatic carbocycles. The summed E-state index contributed by atoms with van der Waals surface area (Å²) >= 11 is 0. The molecule has 0 radical (unpaired) electrons. The maximum Gasteiger partial charge on any atom is 0.188 e. The molecule has 1 heterocycles. The molecule has 0 aliphatic rings. The van der Waals surface area contributed by atoms with Gasteiger partial charge in [0.25, 0.3) is 0 Å². The number of aryl methyl sites for hydroxylation is 1. The molecule has 1 rings (SSSR count). The van der Waals surface area contributed by atoms with E-state index in [2.05, 4.69) is 15.3 Å². The fourth-order valence-electron chi connectivity index (χ4n) is 0.940. The van der Waals surface area contributed by atoms with Crippen LogP contribution in [0.5, 0.6) is 0 Å². The van der Waals surface area contributed by atoms with Crippen LogP contribution in [0.2, 0.25) is 0 Å². The van der Waals surface area contributed by atoms with Crippen LogP contribution >= 0.6 is 0 Å². The van der Waals surface area contributed by atoms with Gasteiger partial charge in [-0.25, -0.2) is 9.98 Å². The van der Waals surface area contributed by atoms with Crippen LogP contribution in [-0.2, 0) is 13.6 Å². The number of rotatable bonds is 3. The zero-order valence-electron chi connectivity index (χ0n) is 7.99. The van der Waals surface area contributed by atoms with E-state index in [-0.39, 0.29) is 0 Å². The van der Waals surface area contributed by atoms with Gasteiger partial charge in [-0.3, -0.25) is 0 Å². The lowest BCUT2D eigenvalue weighted by Gasteiger charge is -2.01. The highest BCUT2D eigenvalue weighted by Gasteiger charge is 1.96. The Morgan fingerprint density at radius 3 is 3.08 bits per heavy atom. The smallest absolute Gasteiger partial charge is 0.188 e. The maximum absolute atomic E-state index is 5.56. The summed E-state index contributed by atoms with van der Waals surface area (Å²) in [5.74, 6) is 0.476. The summed E-state index contributed by atoms with van der Waals surface area (Å²) in [6, 6.07) is 0. The third-order valence-electron chi connectivity index (χ3n) is 1.69. The highest BCUT2D eigenvalue weighted by atomic mass is 15.1. The van der Waals surface area contributed by atoms with Gasteiger partial charge in [-0.05, 0) is 6.92 Å². The minimum absolute atomic E-state index is 0.476. The van der Waals surface area contributed by atoms with E-state index in [1.165, 1.54) is 0 Å². The van der Waals surface area contributed by atoms with Gasteiger partial charge in [0, 0.05) is 13.6 Å². The maximum atomic E-state index is 5.56. The Balaban J connectivity index is 2.51. The zero-order chi connectivity index (χ0) is 9.68. The van der Waals surface area contributed by atoms with Crippen molar-refractivity contribution < 1.29 is 0 Å². The molecule has 0 bridgehead atoms. The van der Waals surface area contributed by atoms with Crippen molar-refractivity contribution in [1.29, 1.82) is 0 Å². The first-order chi connectivity index (χ1) is 6.24. The molecule has 1 aromatic rings. The van der Waals surface area contributed by atoms with Crippen molar-refractivity contribution in [3.8, 4) is 0 Å². The molecule has 13 heavy (non-hydrogen) atoms. The number of nitrogens with zero attached hydrogens (tertiary/aromatic N) is 3. The minimum Gasteiger partial charge on any atom is -0.370 e. The largest absolute Gasteiger partial charge is 0.370 e. The Bertz CT molecular complexity index is 288. The lowest BCUT2D eigenvalue weighted by Crippen LogP contribution is -2.31. The van der Waals surface area contributed by atoms with Crippen molar-refractivity contribution >= 4 is 5.96 Å². The van der Waals surface area contributed by atoms with Crippen molar-refractivity contribution in [2.45, 2.75) is 13.5 Å². The first-order valence-electron chi connectivity index (χ1n) is 4.23. The Morgan fingerprint density at radius 2 is 2.54 bits per heavy atom. The predicted octanol–water partition coefficient (Wildman–Crippen LogP) is -0.156. The molecule has 5 heteroatoms. The van der Waals surface area contributed by atoms with E-state index in [0.29, 0.717) is 12.5 Å². The Morgan fingerprint density at radius 1 is 1.77 bits per heavy atom. The molecule has 0 saturated carbocycles. The van der Waals surface area contributed by atoms with Gasteiger partial charge < -0.3 is 15.6 Å². The van der Waals surface area contributed by atoms with Crippen LogP contribution in [0, 0.1) is 0 Å². The van der Waals surface area contributed by atoms with E-state index in [0.717, 1.165) is 12.2 Å². The number of aliphatic imine (C=N–C) groups is 1. The second-order valence-electron chi connectivity index (χ2n) is 2.73. The van der Waals surface area contributed by atoms with Gasteiger partial charge in [0.1, 0.15) is 0 Å². The van der Waals surface area contributed by atoms with Crippen LogP contribution in [0.4, 0.5) is 0 Å². The lowest BCUT2D eigenvalue weighted by molar-refractivity contribution is 0.813. The normalized spacial score (nSPS) is 11.7. The summed E-state index contributed by atoms with van der Waals surface area (Å²) in [5, 5.41) is 2.93. The van der Waals surface area contributed by atoms with Crippen LogP contribution in [0.25, 0.3) is 0 Å². The summed E-state index contributed by atoms with van der Waals surface area (Å²) in [5.41, 5.74) is 6.60. The van der Waals surface area contributed by atoms with E-state index >= 15 is 0 Å². The molecule has 0 saturated heterocycles. The van der Waals surface area contributed by atoms with E-state index in [1.54, 1.807) is 12.5 Å². The van der Waals surface area contributed by atoms with Crippen molar-refractivity contribution in [3.05, 3.63) is 18.2 Å². The van der Waals surface area contributed by atoms with E-state index in [1.807, 2.05) is 18.5 Å². The monoisotopic (exact) mass is 181 g/mol. The highest BCUT2D eigenvalue weighted by molar-refractivity contribution is 5.77. The van der Waals surface area contributed by atoms with Crippen LogP contribution in [0.3, 0.4) is 0 Å². The molecule has 0 aliphatic heterocycles.